The predicted octanol–water partition coefficient (Wildman–Crippen LogP) is 3.45. The van der Waals surface area contributed by atoms with Crippen LogP contribution in [0.15, 0.2) is 17.5 Å². The van der Waals surface area contributed by atoms with E-state index in [0.717, 1.165) is 6.42 Å². The van der Waals surface area contributed by atoms with Crippen LogP contribution in [0.5, 0.6) is 0 Å². The van der Waals surface area contributed by atoms with Crippen LogP contribution in [0.3, 0.4) is 0 Å². The topological polar surface area (TPSA) is 38.0 Å². The highest BCUT2D eigenvalue weighted by Crippen LogP contribution is 2.26. The molecule has 1 saturated carbocycles. The molecule has 1 aromatic heterocycles. The fraction of sp³-hybridized carbons (Fsp3) is 0.714. The highest BCUT2D eigenvalue weighted by Gasteiger charge is 2.22. The normalized spacial score (nSPS) is 26.9. The molecule has 2 nitrogen and oxygen atoms in total. The lowest BCUT2D eigenvalue weighted by molar-refractivity contribution is 0.307. The van der Waals surface area contributed by atoms with Crippen LogP contribution in [0.4, 0.5) is 0 Å². The van der Waals surface area contributed by atoms with E-state index in [2.05, 4.69) is 29.8 Å². The molecule has 0 saturated heterocycles. The zero-order valence-corrected chi connectivity index (χ0v) is 11.5. The summed E-state index contributed by atoms with van der Waals surface area (Å²) in [5.74, 6) is 0. The van der Waals surface area contributed by atoms with Crippen LogP contribution in [-0.2, 0) is 0 Å². The molecule has 0 bridgehead atoms. The zero-order chi connectivity index (χ0) is 12.1. The minimum atomic E-state index is 0.409. The molecule has 1 aliphatic rings. The number of thiophene rings is 1. The number of hydrogen-bond donors (Lipinski definition) is 2. The minimum absolute atomic E-state index is 0.409. The van der Waals surface area contributed by atoms with Gasteiger partial charge in [-0.25, -0.2) is 0 Å². The van der Waals surface area contributed by atoms with Gasteiger partial charge >= 0.3 is 0 Å². The molecule has 3 heteroatoms. The van der Waals surface area contributed by atoms with Gasteiger partial charge in [0, 0.05) is 23.0 Å². The lowest BCUT2D eigenvalue weighted by Crippen LogP contribution is -2.40. The summed E-state index contributed by atoms with van der Waals surface area (Å²) in [5, 5.41) is 5.99. The van der Waals surface area contributed by atoms with Crippen LogP contribution >= 0.6 is 11.3 Å². The first-order chi connectivity index (χ1) is 8.29. The average molecular weight is 252 g/mol. The van der Waals surface area contributed by atoms with E-state index in [9.17, 15) is 0 Å². The van der Waals surface area contributed by atoms with E-state index in [1.54, 1.807) is 0 Å². The third kappa shape index (κ3) is 3.80. The maximum Gasteiger partial charge on any atom is 0.0416 e. The molecular weight excluding hydrogens is 228 g/mol. The Balaban J connectivity index is 1.93. The Bertz CT molecular complexity index is 310. The van der Waals surface area contributed by atoms with Crippen LogP contribution < -0.4 is 11.1 Å². The van der Waals surface area contributed by atoms with Crippen molar-refractivity contribution in [2.24, 2.45) is 5.73 Å². The Kier molecular flexibility index (Phi) is 5.01. The van der Waals surface area contributed by atoms with E-state index in [4.69, 9.17) is 5.73 Å². The molecule has 1 aliphatic carbocycles. The van der Waals surface area contributed by atoms with Crippen molar-refractivity contribution < 1.29 is 0 Å². The monoisotopic (exact) mass is 252 g/mol. The van der Waals surface area contributed by atoms with Crippen molar-refractivity contribution in [2.45, 2.75) is 63.6 Å². The summed E-state index contributed by atoms with van der Waals surface area (Å²) in [4.78, 5) is 1.48. The van der Waals surface area contributed by atoms with Gasteiger partial charge in [0.15, 0.2) is 0 Å². The predicted molar refractivity (Wildman–Crippen MR) is 75.3 cm³/mol. The lowest BCUT2D eigenvalue weighted by Gasteiger charge is -2.31. The Labute approximate surface area is 109 Å². The standard InChI is InChI=1S/C14H24N2S/c1-2-5-13(14-8-4-9-17-14)16-12-7-3-6-11(15)10-12/h4,8-9,11-13,16H,2-3,5-7,10,15H2,1H3. The number of nitrogens with one attached hydrogen (secondary N) is 1. The second-order valence-corrected chi connectivity index (χ2v) is 6.13. The highest BCUT2D eigenvalue weighted by atomic mass is 32.1. The quantitative estimate of drug-likeness (QED) is 0.842. The highest BCUT2D eigenvalue weighted by molar-refractivity contribution is 7.10. The molecule has 17 heavy (non-hydrogen) atoms. The van der Waals surface area contributed by atoms with E-state index in [-0.39, 0.29) is 0 Å². The van der Waals surface area contributed by atoms with Crippen LogP contribution in [0, 0.1) is 0 Å². The summed E-state index contributed by atoms with van der Waals surface area (Å²) in [6, 6.07) is 5.97. The maximum atomic E-state index is 6.06. The fourth-order valence-corrected chi connectivity index (χ4v) is 3.57. The van der Waals surface area contributed by atoms with Gasteiger partial charge in [-0.15, -0.1) is 11.3 Å². The van der Waals surface area contributed by atoms with Crippen molar-refractivity contribution in [3.63, 3.8) is 0 Å². The summed E-state index contributed by atoms with van der Waals surface area (Å²) in [7, 11) is 0. The molecule has 0 spiro atoms. The first-order valence-corrected chi connectivity index (χ1v) is 7.72. The van der Waals surface area contributed by atoms with Crippen molar-refractivity contribution in [3.05, 3.63) is 22.4 Å². The van der Waals surface area contributed by atoms with Crippen molar-refractivity contribution in [1.29, 1.82) is 0 Å². The maximum absolute atomic E-state index is 6.06. The van der Waals surface area contributed by atoms with Gasteiger partial charge in [-0.2, -0.15) is 0 Å². The molecule has 96 valence electrons. The third-order valence-corrected chi connectivity index (χ3v) is 4.60. The molecule has 3 unspecified atom stereocenters. The van der Waals surface area contributed by atoms with Gasteiger partial charge in [0.1, 0.15) is 0 Å². The van der Waals surface area contributed by atoms with Crippen LogP contribution in [-0.4, -0.2) is 12.1 Å². The SMILES string of the molecule is CCCC(NC1CCCC(N)C1)c1cccs1. The van der Waals surface area contributed by atoms with Crippen LogP contribution in [0.1, 0.15) is 56.4 Å². The summed E-state index contributed by atoms with van der Waals surface area (Å²) >= 11 is 1.87. The molecule has 1 heterocycles. The molecule has 2 rings (SSSR count). The summed E-state index contributed by atoms with van der Waals surface area (Å²) in [6.07, 6.45) is 7.38. The van der Waals surface area contributed by atoms with Gasteiger partial charge in [0.25, 0.3) is 0 Å². The summed E-state index contributed by atoms with van der Waals surface area (Å²) in [5.41, 5.74) is 6.06. The van der Waals surface area contributed by atoms with Gasteiger partial charge < -0.3 is 11.1 Å². The zero-order valence-electron chi connectivity index (χ0n) is 10.7. The molecule has 1 aromatic rings. The van der Waals surface area contributed by atoms with E-state index in [1.807, 2.05) is 11.3 Å². The molecule has 0 radical (unpaired) electrons. The van der Waals surface area contributed by atoms with E-state index in [0.29, 0.717) is 18.1 Å². The Morgan fingerprint density at radius 1 is 1.53 bits per heavy atom. The molecule has 3 N–H and O–H groups in total. The molecule has 0 amide bonds. The molecule has 3 atom stereocenters. The van der Waals surface area contributed by atoms with E-state index < -0.39 is 0 Å². The van der Waals surface area contributed by atoms with Crippen LogP contribution in [0.25, 0.3) is 0 Å². The fourth-order valence-electron chi connectivity index (χ4n) is 2.75. The number of nitrogens with two attached hydrogens (primary N) is 1. The second kappa shape index (κ2) is 6.53. The Hall–Kier alpha value is -0.380. The van der Waals surface area contributed by atoms with Crippen LogP contribution in [0.2, 0.25) is 0 Å². The number of hydrogen-bond acceptors (Lipinski definition) is 3. The summed E-state index contributed by atoms with van der Waals surface area (Å²) < 4.78 is 0. The third-order valence-electron chi connectivity index (χ3n) is 3.62. The van der Waals surface area contributed by atoms with Crippen molar-refractivity contribution in [1.82, 2.24) is 5.32 Å². The lowest BCUT2D eigenvalue weighted by atomic mass is 9.90. The second-order valence-electron chi connectivity index (χ2n) is 5.15. The van der Waals surface area contributed by atoms with E-state index in [1.165, 1.54) is 37.0 Å². The van der Waals surface area contributed by atoms with Gasteiger partial charge in [-0.3, -0.25) is 0 Å². The van der Waals surface area contributed by atoms with Crippen molar-refractivity contribution in [3.8, 4) is 0 Å². The van der Waals surface area contributed by atoms with Crippen molar-refractivity contribution in [2.75, 3.05) is 0 Å². The number of rotatable bonds is 5. The summed E-state index contributed by atoms with van der Waals surface area (Å²) in [6.45, 7) is 2.26. The molecule has 0 aromatic carbocycles. The van der Waals surface area contributed by atoms with Gasteiger partial charge in [0.2, 0.25) is 0 Å². The minimum Gasteiger partial charge on any atom is -0.328 e. The first kappa shape index (κ1) is 13.1. The Morgan fingerprint density at radius 3 is 3.06 bits per heavy atom. The van der Waals surface area contributed by atoms with E-state index >= 15 is 0 Å². The van der Waals surface area contributed by atoms with Gasteiger partial charge in [-0.1, -0.05) is 25.8 Å². The van der Waals surface area contributed by atoms with Gasteiger partial charge in [0.05, 0.1) is 0 Å². The molecule has 0 aliphatic heterocycles. The largest absolute Gasteiger partial charge is 0.328 e. The Morgan fingerprint density at radius 2 is 2.41 bits per heavy atom. The molecular formula is C14H24N2S. The first-order valence-electron chi connectivity index (χ1n) is 6.84. The molecule has 1 fully saturated rings. The smallest absolute Gasteiger partial charge is 0.0416 e. The van der Waals surface area contributed by atoms with Crippen molar-refractivity contribution >= 4 is 11.3 Å². The van der Waals surface area contributed by atoms with Gasteiger partial charge in [-0.05, 0) is 37.1 Å². The average Bonchev–Trinajstić information content (AvgIpc) is 2.82.